The summed E-state index contributed by atoms with van der Waals surface area (Å²) in [4.78, 5) is 46.7. The molecule has 1 unspecified atom stereocenters. The Labute approximate surface area is 204 Å². The summed E-state index contributed by atoms with van der Waals surface area (Å²) in [5.74, 6) is -0.676. The fourth-order valence-corrected chi connectivity index (χ4v) is 4.83. The van der Waals surface area contributed by atoms with E-state index >= 15 is 0 Å². The van der Waals surface area contributed by atoms with Gasteiger partial charge in [0.1, 0.15) is 17.3 Å². The number of nitrogens with zero attached hydrogens (tertiary/aromatic N) is 1. The maximum atomic E-state index is 12.8. The Morgan fingerprint density at radius 1 is 1.12 bits per heavy atom. The Morgan fingerprint density at radius 2 is 1.82 bits per heavy atom. The molecule has 2 N–H and O–H groups in total. The summed E-state index contributed by atoms with van der Waals surface area (Å²) in [6.07, 6.45) is -0.107. The van der Waals surface area contributed by atoms with Crippen LogP contribution in [-0.4, -0.2) is 21.8 Å². The quantitative estimate of drug-likeness (QED) is 0.356. The van der Waals surface area contributed by atoms with E-state index in [9.17, 15) is 14.4 Å². The summed E-state index contributed by atoms with van der Waals surface area (Å²) in [5.41, 5.74) is 1.71. The number of nitrogens with one attached hydrogen (secondary N) is 2. The van der Waals surface area contributed by atoms with Gasteiger partial charge in [-0.3, -0.25) is 14.4 Å². The molecule has 0 bridgehead atoms. The third kappa shape index (κ3) is 5.18. The van der Waals surface area contributed by atoms with Gasteiger partial charge in [-0.15, -0.1) is 11.3 Å². The first-order chi connectivity index (χ1) is 16.3. The first kappa shape index (κ1) is 23.7. The van der Waals surface area contributed by atoms with Crippen LogP contribution in [0.4, 0.5) is 0 Å². The predicted molar refractivity (Wildman–Crippen MR) is 132 cm³/mol. The smallest absolute Gasteiger partial charge is 0.308 e. The van der Waals surface area contributed by atoms with Gasteiger partial charge in [0, 0.05) is 4.88 Å². The van der Waals surface area contributed by atoms with Crippen LogP contribution in [-0.2, 0) is 16.1 Å². The number of aromatic nitrogens is 2. The zero-order valence-electron chi connectivity index (χ0n) is 18.6. The SMILES string of the molecule is Cc1sc2nc(COC(=O)CC(NC(=O)c3ccccc3Cl)c3ccccc3)[nH]c(=O)c2c1C. The van der Waals surface area contributed by atoms with Crippen LogP contribution in [0.25, 0.3) is 10.2 Å². The second kappa shape index (κ2) is 10.2. The number of hydrogen-bond donors (Lipinski definition) is 2. The van der Waals surface area contributed by atoms with Crippen LogP contribution >= 0.6 is 22.9 Å². The van der Waals surface area contributed by atoms with E-state index in [0.29, 0.717) is 20.8 Å². The molecule has 34 heavy (non-hydrogen) atoms. The Kier molecular flexibility index (Phi) is 7.09. The monoisotopic (exact) mass is 495 g/mol. The van der Waals surface area contributed by atoms with Crippen molar-refractivity contribution in [2.75, 3.05) is 0 Å². The fourth-order valence-electron chi connectivity index (χ4n) is 3.56. The van der Waals surface area contributed by atoms with E-state index in [4.69, 9.17) is 16.3 Å². The molecule has 0 saturated heterocycles. The minimum absolute atomic E-state index is 0.107. The molecule has 9 heteroatoms. The summed E-state index contributed by atoms with van der Waals surface area (Å²) in [5, 5.41) is 3.74. The molecule has 7 nitrogen and oxygen atoms in total. The topological polar surface area (TPSA) is 101 Å². The lowest BCUT2D eigenvalue weighted by Crippen LogP contribution is -2.31. The van der Waals surface area contributed by atoms with Gasteiger partial charge < -0.3 is 15.0 Å². The first-order valence-electron chi connectivity index (χ1n) is 10.6. The molecule has 4 aromatic rings. The Balaban J connectivity index is 1.48. The van der Waals surface area contributed by atoms with Crippen LogP contribution in [0.1, 0.15) is 44.6 Å². The second-order valence-corrected chi connectivity index (χ2v) is 9.37. The van der Waals surface area contributed by atoms with Gasteiger partial charge in [-0.25, -0.2) is 4.98 Å². The van der Waals surface area contributed by atoms with Crippen LogP contribution in [0.3, 0.4) is 0 Å². The fraction of sp³-hybridized carbons (Fsp3) is 0.200. The van der Waals surface area contributed by atoms with E-state index in [1.54, 1.807) is 24.3 Å². The maximum Gasteiger partial charge on any atom is 0.308 e. The number of halogens is 1. The van der Waals surface area contributed by atoms with Gasteiger partial charge in [-0.2, -0.15) is 0 Å². The van der Waals surface area contributed by atoms with Crippen molar-refractivity contribution in [2.24, 2.45) is 0 Å². The van der Waals surface area contributed by atoms with Gasteiger partial charge in [0.25, 0.3) is 11.5 Å². The van der Waals surface area contributed by atoms with Crippen LogP contribution in [0.5, 0.6) is 0 Å². The highest BCUT2D eigenvalue weighted by Gasteiger charge is 2.21. The molecule has 2 heterocycles. The lowest BCUT2D eigenvalue weighted by Gasteiger charge is -2.19. The lowest BCUT2D eigenvalue weighted by atomic mass is 10.0. The van der Waals surface area contributed by atoms with Crippen LogP contribution in [0, 0.1) is 13.8 Å². The highest BCUT2D eigenvalue weighted by atomic mass is 35.5. The van der Waals surface area contributed by atoms with Crippen LogP contribution < -0.4 is 10.9 Å². The molecule has 174 valence electrons. The molecule has 0 spiro atoms. The van der Waals surface area contributed by atoms with E-state index in [1.807, 2.05) is 44.2 Å². The van der Waals surface area contributed by atoms with E-state index < -0.39 is 17.9 Å². The van der Waals surface area contributed by atoms with Crippen molar-refractivity contribution in [2.45, 2.75) is 32.9 Å². The number of carbonyl (C=O) groups is 2. The van der Waals surface area contributed by atoms with E-state index in [-0.39, 0.29) is 24.4 Å². The molecular weight excluding hydrogens is 474 g/mol. The molecule has 0 fully saturated rings. The number of ether oxygens (including phenoxy) is 1. The molecule has 1 atom stereocenters. The number of aryl methyl sites for hydroxylation is 2. The van der Waals surface area contributed by atoms with Crippen molar-refractivity contribution < 1.29 is 14.3 Å². The molecular formula is C25H22ClN3O4S. The minimum atomic E-state index is -0.630. The first-order valence-corrected chi connectivity index (χ1v) is 11.8. The number of amides is 1. The average Bonchev–Trinajstić information content (AvgIpc) is 3.11. The van der Waals surface area contributed by atoms with Crippen LogP contribution in [0.15, 0.2) is 59.4 Å². The molecule has 0 saturated carbocycles. The largest absolute Gasteiger partial charge is 0.457 e. The van der Waals surface area contributed by atoms with Crippen molar-refractivity contribution in [3.05, 3.63) is 97.4 Å². The van der Waals surface area contributed by atoms with Gasteiger partial charge in [-0.05, 0) is 37.1 Å². The minimum Gasteiger partial charge on any atom is -0.457 e. The van der Waals surface area contributed by atoms with E-state index in [0.717, 1.165) is 16.0 Å². The van der Waals surface area contributed by atoms with E-state index in [1.165, 1.54) is 11.3 Å². The number of thiophene rings is 1. The van der Waals surface area contributed by atoms with Crippen molar-refractivity contribution in [3.8, 4) is 0 Å². The van der Waals surface area contributed by atoms with Gasteiger partial charge in [0.05, 0.1) is 28.4 Å². The number of benzene rings is 2. The van der Waals surface area contributed by atoms with Crippen LogP contribution in [0.2, 0.25) is 5.02 Å². The van der Waals surface area contributed by atoms with Crippen molar-refractivity contribution in [3.63, 3.8) is 0 Å². The molecule has 1 amide bonds. The second-order valence-electron chi connectivity index (χ2n) is 7.76. The molecule has 2 aromatic carbocycles. The number of H-pyrrole nitrogens is 1. The van der Waals surface area contributed by atoms with Crippen molar-refractivity contribution >= 4 is 45.0 Å². The number of fused-ring (bicyclic) bond motifs is 1. The number of hydrogen-bond acceptors (Lipinski definition) is 6. The number of esters is 1. The molecule has 2 aromatic heterocycles. The number of rotatable bonds is 7. The third-order valence-corrected chi connectivity index (χ3v) is 6.89. The summed E-state index contributed by atoms with van der Waals surface area (Å²) < 4.78 is 5.39. The Hall–Kier alpha value is -3.49. The molecule has 0 aliphatic rings. The molecule has 0 aliphatic carbocycles. The van der Waals surface area contributed by atoms with Gasteiger partial charge in [0.2, 0.25) is 0 Å². The Morgan fingerprint density at radius 3 is 2.56 bits per heavy atom. The molecule has 0 aliphatic heterocycles. The summed E-state index contributed by atoms with van der Waals surface area (Å²) in [6, 6.07) is 15.2. The van der Waals surface area contributed by atoms with E-state index in [2.05, 4.69) is 15.3 Å². The Bertz CT molecular complexity index is 1410. The molecule has 0 radical (unpaired) electrons. The number of aromatic amines is 1. The zero-order valence-corrected chi connectivity index (χ0v) is 20.1. The standard InChI is InChI=1S/C25H22ClN3O4S/c1-14-15(2)34-25-22(14)24(32)28-20(29-25)13-33-21(30)12-19(16-8-4-3-5-9-16)27-23(31)17-10-6-7-11-18(17)26/h3-11,19H,12-13H2,1-2H3,(H,27,31)(H,28,29,32). The van der Waals surface area contributed by atoms with Gasteiger partial charge >= 0.3 is 5.97 Å². The lowest BCUT2D eigenvalue weighted by molar-refractivity contribution is -0.145. The highest BCUT2D eigenvalue weighted by Crippen LogP contribution is 2.26. The third-order valence-electron chi connectivity index (χ3n) is 5.45. The normalized spacial score (nSPS) is 11.9. The summed E-state index contributed by atoms with van der Waals surface area (Å²) in [6.45, 7) is 3.63. The predicted octanol–water partition coefficient (Wildman–Crippen LogP) is 4.86. The number of carbonyl (C=O) groups excluding carboxylic acids is 2. The maximum absolute atomic E-state index is 12.8. The summed E-state index contributed by atoms with van der Waals surface area (Å²) in [7, 11) is 0. The van der Waals surface area contributed by atoms with Crippen molar-refractivity contribution in [1.29, 1.82) is 0 Å². The summed E-state index contributed by atoms with van der Waals surface area (Å²) >= 11 is 7.58. The van der Waals surface area contributed by atoms with Gasteiger partial charge in [-0.1, -0.05) is 54.1 Å². The van der Waals surface area contributed by atoms with Gasteiger partial charge in [0.15, 0.2) is 0 Å². The average molecular weight is 496 g/mol. The highest BCUT2D eigenvalue weighted by molar-refractivity contribution is 7.18. The zero-order chi connectivity index (χ0) is 24.2. The van der Waals surface area contributed by atoms with Crippen molar-refractivity contribution in [1.82, 2.24) is 15.3 Å². The molecule has 4 rings (SSSR count).